The van der Waals surface area contributed by atoms with Crippen LogP contribution in [0.3, 0.4) is 0 Å². The zero-order valence-electron chi connectivity index (χ0n) is 11.5. The Bertz CT molecular complexity index is 497. The van der Waals surface area contributed by atoms with Gasteiger partial charge in [0.15, 0.2) is 0 Å². The summed E-state index contributed by atoms with van der Waals surface area (Å²) in [4.78, 5) is 6.36. The fraction of sp³-hybridized carbons (Fsp3) is 0.312. The minimum absolute atomic E-state index is 0.632. The summed E-state index contributed by atoms with van der Waals surface area (Å²) in [5, 5.41) is 0. The summed E-state index contributed by atoms with van der Waals surface area (Å²) in [5.41, 5.74) is 1.30. The predicted molar refractivity (Wildman–Crippen MR) is 77.6 cm³/mol. The van der Waals surface area contributed by atoms with E-state index in [9.17, 15) is 0 Å². The highest BCUT2D eigenvalue weighted by atomic mass is 16.5. The van der Waals surface area contributed by atoms with E-state index in [1.807, 2.05) is 30.3 Å². The molecule has 100 valence electrons. The fourth-order valence-electron chi connectivity index (χ4n) is 1.89. The molecule has 0 aliphatic carbocycles. The number of ether oxygens (including phenoxy) is 1. The number of hydrogen-bond donors (Lipinski definition) is 0. The van der Waals surface area contributed by atoms with E-state index in [1.54, 1.807) is 6.20 Å². The highest BCUT2D eigenvalue weighted by Gasteiger charge is 2.00. The van der Waals surface area contributed by atoms with Crippen LogP contribution in [0.1, 0.15) is 12.0 Å². The van der Waals surface area contributed by atoms with Crippen molar-refractivity contribution in [1.29, 1.82) is 0 Å². The van der Waals surface area contributed by atoms with Crippen molar-refractivity contribution >= 4 is 0 Å². The van der Waals surface area contributed by atoms with Crippen molar-refractivity contribution in [2.45, 2.75) is 12.8 Å². The Labute approximate surface area is 114 Å². The van der Waals surface area contributed by atoms with Crippen LogP contribution in [0.5, 0.6) is 11.6 Å². The van der Waals surface area contributed by atoms with Gasteiger partial charge < -0.3 is 9.64 Å². The molecule has 2 aromatic rings. The van der Waals surface area contributed by atoms with Crippen LogP contribution in [-0.4, -0.2) is 30.5 Å². The maximum atomic E-state index is 5.72. The van der Waals surface area contributed by atoms with E-state index < -0.39 is 0 Å². The van der Waals surface area contributed by atoms with Gasteiger partial charge in [-0.1, -0.05) is 18.2 Å². The third-order valence-corrected chi connectivity index (χ3v) is 2.83. The molecule has 1 heterocycles. The van der Waals surface area contributed by atoms with Crippen molar-refractivity contribution in [3.8, 4) is 11.6 Å². The van der Waals surface area contributed by atoms with Gasteiger partial charge in [-0.25, -0.2) is 4.98 Å². The molecule has 0 aliphatic heterocycles. The monoisotopic (exact) mass is 256 g/mol. The summed E-state index contributed by atoms with van der Waals surface area (Å²) in [6.07, 6.45) is 3.95. The van der Waals surface area contributed by atoms with Gasteiger partial charge in [-0.15, -0.1) is 0 Å². The SMILES string of the molecule is CN(C)CCCc1cccc(Oc2ccccn2)c1. The molecule has 2 rings (SSSR count). The number of aromatic nitrogens is 1. The zero-order chi connectivity index (χ0) is 13.5. The van der Waals surface area contributed by atoms with Gasteiger partial charge in [0, 0.05) is 12.3 Å². The molecule has 0 bridgehead atoms. The second-order valence-electron chi connectivity index (χ2n) is 4.82. The molecule has 3 nitrogen and oxygen atoms in total. The summed E-state index contributed by atoms with van der Waals surface area (Å²) in [7, 11) is 4.20. The Hall–Kier alpha value is -1.87. The van der Waals surface area contributed by atoms with E-state index in [-0.39, 0.29) is 0 Å². The lowest BCUT2D eigenvalue weighted by molar-refractivity contribution is 0.400. The Balaban J connectivity index is 1.95. The smallest absolute Gasteiger partial charge is 0.219 e. The van der Waals surface area contributed by atoms with Crippen LogP contribution < -0.4 is 4.74 Å². The van der Waals surface area contributed by atoms with Gasteiger partial charge in [0.2, 0.25) is 5.88 Å². The van der Waals surface area contributed by atoms with Crippen LogP contribution in [0.15, 0.2) is 48.7 Å². The van der Waals surface area contributed by atoms with Gasteiger partial charge in [-0.2, -0.15) is 0 Å². The van der Waals surface area contributed by atoms with Crippen molar-refractivity contribution in [3.05, 3.63) is 54.2 Å². The third-order valence-electron chi connectivity index (χ3n) is 2.83. The largest absolute Gasteiger partial charge is 0.439 e. The van der Waals surface area contributed by atoms with Crippen molar-refractivity contribution in [2.24, 2.45) is 0 Å². The topological polar surface area (TPSA) is 25.4 Å². The first-order chi connectivity index (χ1) is 9.24. The van der Waals surface area contributed by atoms with Crippen molar-refractivity contribution in [3.63, 3.8) is 0 Å². The fourth-order valence-corrected chi connectivity index (χ4v) is 1.89. The Morgan fingerprint density at radius 1 is 1.11 bits per heavy atom. The van der Waals surface area contributed by atoms with Crippen LogP contribution in [0.25, 0.3) is 0 Å². The summed E-state index contributed by atoms with van der Waals surface area (Å²) >= 11 is 0. The predicted octanol–water partition coefficient (Wildman–Crippen LogP) is 3.37. The second-order valence-corrected chi connectivity index (χ2v) is 4.82. The van der Waals surface area contributed by atoms with Crippen molar-refractivity contribution < 1.29 is 4.74 Å². The highest BCUT2D eigenvalue weighted by Crippen LogP contribution is 2.20. The van der Waals surface area contributed by atoms with Gasteiger partial charge in [0.05, 0.1) is 0 Å². The summed E-state index contributed by atoms with van der Waals surface area (Å²) < 4.78 is 5.72. The molecule has 1 aromatic heterocycles. The molecule has 0 N–H and O–H groups in total. The lowest BCUT2D eigenvalue weighted by Gasteiger charge is -2.10. The minimum atomic E-state index is 0.632. The molecule has 19 heavy (non-hydrogen) atoms. The molecule has 0 unspecified atom stereocenters. The average Bonchev–Trinajstić information content (AvgIpc) is 2.40. The number of hydrogen-bond acceptors (Lipinski definition) is 3. The van der Waals surface area contributed by atoms with Gasteiger partial charge in [0.25, 0.3) is 0 Å². The van der Waals surface area contributed by atoms with Gasteiger partial charge >= 0.3 is 0 Å². The maximum absolute atomic E-state index is 5.72. The van der Waals surface area contributed by atoms with Crippen LogP contribution in [0, 0.1) is 0 Å². The van der Waals surface area contributed by atoms with E-state index in [1.165, 1.54) is 5.56 Å². The molecular weight excluding hydrogens is 236 g/mol. The lowest BCUT2D eigenvalue weighted by Crippen LogP contribution is -2.13. The molecule has 0 amide bonds. The number of nitrogens with zero attached hydrogens (tertiary/aromatic N) is 2. The standard InChI is InChI=1S/C16H20N2O/c1-18(2)12-6-8-14-7-5-9-15(13-14)19-16-10-3-4-11-17-16/h3-5,7,9-11,13H,6,8,12H2,1-2H3. The number of aryl methyl sites for hydroxylation is 1. The highest BCUT2D eigenvalue weighted by molar-refractivity contribution is 5.31. The van der Waals surface area contributed by atoms with Crippen LogP contribution >= 0.6 is 0 Å². The summed E-state index contributed by atoms with van der Waals surface area (Å²) in [5.74, 6) is 1.48. The van der Waals surface area contributed by atoms with Crippen LogP contribution in [0.2, 0.25) is 0 Å². The number of pyridine rings is 1. The molecule has 0 atom stereocenters. The first kappa shape index (κ1) is 13.6. The van der Waals surface area contributed by atoms with E-state index in [0.29, 0.717) is 5.88 Å². The zero-order valence-corrected chi connectivity index (χ0v) is 11.5. The quantitative estimate of drug-likeness (QED) is 0.792. The third kappa shape index (κ3) is 4.72. The van der Waals surface area contributed by atoms with E-state index in [0.717, 1.165) is 25.1 Å². The van der Waals surface area contributed by atoms with E-state index in [4.69, 9.17) is 4.74 Å². The Morgan fingerprint density at radius 2 is 2.00 bits per heavy atom. The normalized spacial score (nSPS) is 10.7. The summed E-state index contributed by atoms with van der Waals surface area (Å²) in [6, 6.07) is 13.9. The summed E-state index contributed by atoms with van der Waals surface area (Å²) in [6.45, 7) is 1.10. The number of rotatable bonds is 6. The Kier molecular flexibility index (Phi) is 4.93. The lowest BCUT2D eigenvalue weighted by atomic mass is 10.1. The van der Waals surface area contributed by atoms with E-state index >= 15 is 0 Å². The van der Waals surface area contributed by atoms with Gasteiger partial charge in [-0.3, -0.25) is 0 Å². The molecule has 0 spiro atoms. The Morgan fingerprint density at radius 3 is 2.74 bits per heavy atom. The minimum Gasteiger partial charge on any atom is -0.439 e. The molecule has 0 saturated carbocycles. The van der Waals surface area contributed by atoms with Crippen molar-refractivity contribution in [1.82, 2.24) is 9.88 Å². The first-order valence-electron chi connectivity index (χ1n) is 6.56. The van der Waals surface area contributed by atoms with Crippen LogP contribution in [0.4, 0.5) is 0 Å². The van der Waals surface area contributed by atoms with Crippen molar-refractivity contribution in [2.75, 3.05) is 20.6 Å². The number of benzene rings is 1. The first-order valence-corrected chi connectivity index (χ1v) is 6.56. The average molecular weight is 256 g/mol. The molecule has 0 aliphatic rings. The molecular formula is C16H20N2O. The molecule has 0 fully saturated rings. The van der Waals surface area contributed by atoms with E-state index in [2.05, 4.69) is 36.1 Å². The molecule has 0 radical (unpaired) electrons. The molecule has 1 aromatic carbocycles. The maximum Gasteiger partial charge on any atom is 0.219 e. The second kappa shape index (κ2) is 6.90. The van der Waals surface area contributed by atoms with Crippen LogP contribution in [-0.2, 0) is 6.42 Å². The molecule has 0 saturated heterocycles. The van der Waals surface area contributed by atoms with Gasteiger partial charge in [0.1, 0.15) is 5.75 Å². The molecule has 3 heteroatoms. The van der Waals surface area contributed by atoms with Gasteiger partial charge in [-0.05, 0) is 57.2 Å².